The van der Waals surface area contributed by atoms with Gasteiger partial charge in [0.25, 0.3) is 5.91 Å². The Kier molecular flexibility index (Phi) is 4.70. The summed E-state index contributed by atoms with van der Waals surface area (Å²) in [5, 5.41) is 11.0. The van der Waals surface area contributed by atoms with Crippen LogP contribution in [0.2, 0.25) is 0 Å². The van der Waals surface area contributed by atoms with Gasteiger partial charge in [0.05, 0.1) is 5.56 Å². The monoisotopic (exact) mass is 234 g/mol. The Morgan fingerprint density at radius 2 is 2.41 bits per heavy atom. The van der Waals surface area contributed by atoms with E-state index in [-0.39, 0.29) is 23.8 Å². The maximum Gasteiger partial charge on any atom is 0.258 e. The molecule has 0 aliphatic carbocycles. The number of hydrogen-bond acceptors (Lipinski definition) is 3. The molecule has 0 unspecified atom stereocenters. The van der Waals surface area contributed by atoms with Crippen molar-refractivity contribution in [3.05, 3.63) is 42.2 Å². The number of nitrogens with zero attached hydrogens (tertiary/aromatic N) is 1. The highest BCUT2D eigenvalue weighted by atomic mass is 19.1. The van der Waals surface area contributed by atoms with E-state index in [2.05, 4.69) is 11.9 Å². The number of rotatable bonds is 5. The van der Waals surface area contributed by atoms with E-state index in [0.717, 1.165) is 6.07 Å². The first kappa shape index (κ1) is 12.7. The first-order valence-electron chi connectivity index (χ1n) is 4.87. The topological polar surface area (TPSA) is 62.1 Å². The van der Waals surface area contributed by atoms with Gasteiger partial charge >= 0.3 is 0 Å². The van der Waals surface area contributed by atoms with Gasteiger partial charge in [-0.15, -0.1) is 6.58 Å². The number of hydrogen-bond donors (Lipinski definition) is 1. The molecule has 88 valence electrons. The fourth-order valence-electron chi connectivity index (χ4n) is 1.06. The summed E-state index contributed by atoms with van der Waals surface area (Å²) in [5.74, 6) is -0.790. The molecule has 1 rings (SSSR count). The highest BCUT2D eigenvalue weighted by Gasteiger charge is 2.05. The SMILES string of the molecule is C=CCNC(=O)COc1ccc(C#N)c(F)c1. The number of nitriles is 1. The Bertz CT molecular complexity index is 466. The lowest BCUT2D eigenvalue weighted by Gasteiger charge is -2.06. The van der Waals surface area contributed by atoms with Crippen molar-refractivity contribution >= 4 is 5.91 Å². The summed E-state index contributed by atoms with van der Waals surface area (Å²) in [7, 11) is 0. The largest absolute Gasteiger partial charge is 0.484 e. The average molecular weight is 234 g/mol. The minimum absolute atomic E-state index is 0.0616. The van der Waals surface area contributed by atoms with Crippen molar-refractivity contribution in [3.8, 4) is 11.8 Å². The third kappa shape index (κ3) is 3.95. The smallest absolute Gasteiger partial charge is 0.258 e. The Morgan fingerprint density at radius 3 is 3.00 bits per heavy atom. The van der Waals surface area contributed by atoms with E-state index in [4.69, 9.17) is 10.00 Å². The summed E-state index contributed by atoms with van der Waals surface area (Å²) in [6, 6.07) is 5.49. The molecular weight excluding hydrogens is 223 g/mol. The van der Waals surface area contributed by atoms with Gasteiger partial charge in [-0.3, -0.25) is 4.79 Å². The van der Waals surface area contributed by atoms with E-state index >= 15 is 0 Å². The molecule has 0 aliphatic heterocycles. The molecule has 0 radical (unpaired) electrons. The van der Waals surface area contributed by atoms with E-state index in [0.29, 0.717) is 6.54 Å². The number of benzene rings is 1. The molecule has 0 fully saturated rings. The van der Waals surface area contributed by atoms with Crippen LogP contribution in [0.5, 0.6) is 5.75 Å². The number of carbonyl (C=O) groups excluding carboxylic acids is 1. The van der Waals surface area contributed by atoms with Crippen molar-refractivity contribution in [2.45, 2.75) is 0 Å². The van der Waals surface area contributed by atoms with Crippen molar-refractivity contribution in [3.63, 3.8) is 0 Å². The van der Waals surface area contributed by atoms with Crippen LogP contribution < -0.4 is 10.1 Å². The van der Waals surface area contributed by atoms with Crippen LogP contribution in [0, 0.1) is 17.1 Å². The van der Waals surface area contributed by atoms with Crippen molar-refractivity contribution in [2.75, 3.05) is 13.2 Å². The second kappa shape index (κ2) is 6.28. The van der Waals surface area contributed by atoms with E-state index in [1.165, 1.54) is 12.1 Å². The number of ether oxygens (including phenoxy) is 1. The van der Waals surface area contributed by atoms with E-state index in [1.54, 1.807) is 12.1 Å². The summed E-state index contributed by atoms with van der Waals surface area (Å²) in [4.78, 5) is 11.2. The van der Waals surface area contributed by atoms with E-state index in [9.17, 15) is 9.18 Å². The molecule has 1 aromatic rings. The molecular formula is C12H11FN2O2. The van der Waals surface area contributed by atoms with E-state index < -0.39 is 5.82 Å². The fraction of sp³-hybridized carbons (Fsp3) is 0.167. The fourth-order valence-corrected chi connectivity index (χ4v) is 1.06. The van der Waals surface area contributed by atoms with Gasteiger partial charge < -0.3 is 10.1 Å². The molecule has 1 aromatic carbocycles. The maximum atomic E-state index is 13.2. The van der Waals surface area contributed by atoms with Gasteiger partial charge in [-0.1, -0.05) is 6.08 Å². The van der Waals surface area contributed by atoms with Crippen molar-refractivity contribution in [1.82, 2.24) is 5.32 Å². The first-order valence-corrected chi connectivity index (χ1v) is 4.87. The van der Waals surface area contributed by atoms with Crippen LogP contribution >= 0.6 is 0 Å². The summed E-state index contributed by atoms with van der Waals surface area (Å²) in [6.45, 7) is 3.59. The van der Waals surface area contributed by atoms with Crippen molar-refractivity contribution in [1.29, 1.82) is 5.26 Å². The molecule has 0 bridgehead atoms. The molecule has 1 N–H and O–H groups in total. The molecule has 4 nitrogen and oxygen atoms in total. The second-order valence-electron chi connectivity index (χ2n) is 3.13. The van der Waals surface area contributed by atoms with Gasteiger partial charge in [-0.05, 0) is 12.1 Å². The number of halogens is 1. The molecule has 0 atom stereocenters. The van der Waals surface area contributed by atoms with E-state index in [1.807, 2.05) is 0 Å². The summed E-state index contributed by atoms with van der Waals surface area (Å²) in [5.41, 5.74) is -0.0616. The molecule has 0 saturated carbocycles. The molecule has 0 spiro atoms. The standard InChI is InChI=1S/C12H11FN2O2/c1-2-5-15-12(16)8-17-10-4-3-9(7-14)11(13)6-10/h2-4,6H,1,5,8H2,(H,15,16). The van der Waals surface area contributed by atoms with Gasteiger partial charge in [-0.2, -0.15) is 5.26 Å². The predicted octanol–water partition coefficient (Wildman–Crippen LogP) is 1.38. The average Bonchev–Trinajstić information content (AvgIpc) is 2.34. The van der Waals surface area contributed by atoms with Crippen LogP contribution in [0.4, 0.5) is 4.39 Å². The lowest BCUT2D eigenvalue weighted by atomic mass is 10.2. The lowest BCUT2D eigenvalue weighted by molar-refractivity contribution is -0.122. The van der Waals surface area contributed by atoms with Gasteiger partial charge in [0.2, 0.25) is 0 Å². The Morgan fingerprint density at radius 1 is 1.65 bits per heavy atom. The van der Waals surface area contributed by atoms with Gasteiger partial charge in [-0.25, -0.2) is 4.39 Å². The van der Waals surface area contributed by atoms with Crippen molar-refractivity contribution in [2.24, 2.45) is 0 Å². The van der Waals surface area contributed by atoms with Crippen LogP contribution in [0.1, 0.15) is 5.56 Å². The van der Waals surface area contributed by atoms with Gasteiger partial charge in [0, 0.05) is 12.6 Å². The number of carbonyl (C=O) groups is 1. The highest BCUT2D eigenvalue weighted by molar-refractivity contribution is 5.77. The lowest BCUT2D eigenvalue weighted by Crippen LogP contribution is -2.28. The third-order valence-electron chi connectivity index (χ3n) is 1.87. The summed E-state index contributed by atoms with van der Waals surface area (Å²) < 4.78 is 18.2. The van der Waals surface area contributed by atoms with Crippen LogP contribution in [-0.4, -0.2) is 19.1 Å². The summed E-state index contributed by atoms with van der Waals surface area (Å²) in [6.07, 6.45) is 1.54. The summed E-state index contributed by atoms with van der Waals surface area (Å²) >= 11 is 0. The Balaban J connectivity index is 2.53. The minimum Gasteiger partial charge on any atom is -0.484 e. The third-order valence-corrected chi connectivity index (χ3v) is 1.87. The molecule has 0 aromatic heterocycles. The number of nitrogens with one attached hydrogen (secondary N) is 1. The zero-order chi connectivity index (χ0) is 12.7. The highest BCUT2D eigenvalue weighted by Crippen LogP contribution is 2.15. The molecule has 5 heteroatoms. The quantitative estimate of drug-likeness (QED) is 0.783. The molecule has 1 amide bonds. The predicted molar refractivity (Wildman–Crippen MR) is 59.8 cm³/mol. The van der Waals surface area contributed by atoms with Gasteiger partial charge in [0.15, 0.2) is 6.61 Å². The zero-order valence-electron chi connectivity index (χ0n) is 9.07. The molecule has 17 heavy (non-hydrogen) atoms. The Labute approximate surface area is 98.3 Å². The van der Waals surface area contributed by atoms with Crippen LogP contribution in [-0.2, 0) is 4.79 Å². The maximum absolute atomic E-state index is 13.2. The van der Waals surface area contributed by atoms with Crippen molar-refractivity contribution < 1.29 is 13.9 Å². The van der Waals surface area contributed by atoms with Crippen LogP contribution in [0.25, 0.3) is 0 Å². The number of amides is 1. The Hall–Kier alpha value is -2.35. The molecule has 0 aliphatic rings. The van der Waals surface area contributed by atoms with Crippen LogP contribution in [0.15, 0.2) is 30.9 Å². The zero-order valence-corrected chi connectivity index (χ0v) is 9.07. The van der Waals surface area contributed by atoms with Gasteiger partial charge in [0.1, 0.15) is 17.6 Å². The second-order valence-corrected chi connectivity index (χ2v) is 3.13. The minimum atomic E-state index is -0.670. The normalized spacial score (nSPS) is 9.18. The molecule has 0 saturated heterocycles. The van der Waals surface area contributed by atoms with Crippen LogP contribution in [0.3, 0.4) is 0 Å². The first-order chi connectivity index (χ1) is 8.17. The molecule has 0 heterocycles.